The summed E-state index contributed by atoms with van der Waals surface area (Å²) in [5, 5.41) is 8.97. The normalized spacial score (nSPS) is 9.89. The van der Waals surface area contributed by atoms with E-state index in [0.29, 0.717) is 11.3 Å². The van der Waals surface area contributed by atoms with E-state index in [4.69, 9.17) is 11.0 Å². The summed E-state index contributed by atoms with van der Waals surface area (Å²) < 4.78 is 0. The zero-order valence-corrected chi connectivity index (χ0v) is 10.9. The van der Waals surface area contributed by atoms with Crippen LogP contribution in [0.15, 0.2) is 42.6 Å². The number of hydrogen-bond donors (Lipinski definition) is 1. The second kappa shape index (κ2) is 5.87. The molecular formula is C15H16N4. The van der Waals surface area contributed by atoms with Gasteiger partial charge < -0.3 is 10.6 Å². The number of aromatic nitrogens is 1. The van der Waals surface area contributed by atoms with Gasteiger partial charge in [0.2, 0.25) is 0 Å². The molecule has 19 heavy (non-hydrogen) atoms. The predicted octanol–water partition coefficient (Wildman–Crippen LogP) is 2.21. The van der Waals surface area contributed by atoms with Crippen molar-refractivity contribution < 1.29 is 0 Å². The topological polar surface area (TPSA) is 65.9 Å². The molecule has 1 aromatic carbocycles. The zero-order valence-electron chi connectivity index (χ0n) is 10.9. The van der Waals surface area contributed by atoms with Crippen LogP contribution in [0.2, 0.25) is 0 Å². The highest BCUT2D eigenvalue weighted by Gasteiger charge is 2.05. The van der Waals surface area contributed by atoms with Gasteiger partial charge in [0.25, 0.3) is 0 Å². The molecule has 2 N–H and O–H groups in total. The first-order chi connectivity index (χ1) is 9.20. The molecule has 0 fully saturated rings. The summed E-state index contributed by atoms with van der Waals surface area (Å²) in [7, 11) is 2.00. The van der Waals surface area contributed by atoms with Crippen molar-refractivity contribution in [2.45, 2.75) is 6.42 Å². The third kappa shape index (κ3) is 3.23. The highest BCUT2D eigenvalue weighted by molar-refractivity contribution is 5.62. The van der Waals surface area contributed by atoms with Crippen LogP contribution in [0.3, 0.4) is 0 Å². The van der Waals surface area contributed by atoms with E-state index in [1.54, 1.807) is 12.3 Å². The average Bonchev–Trinajstić information content (AvgIpc) is 2.46. The molecule has 0 radical (unpaired) electrons. The summed E-state index contributed by atoms with van der Waals surface area (Å²) in [6, 6.07) is 13.5. The van der Waals surface area contributed by atoms with E-state index >= 15 is 0 Å². The number of benzene rings is 1. The highest BCUT2D eigenvalue weighted by atomic mass is 15.1. The lowest BCUT2D eigenvalue weighted by molar-refractivity contribution is 0.852. The third-order valence-corrected chi connectivity index (χ3v) is 3.03. The Morgan fingerprint density at radius 3 is 2.84 bits per heavy atom. The van der Waals surface area contributed by atoms with Gasteiger partial charge in [0.1, 0.15) is 6.07 Å². The summed E-state index contributed by atoms with van der Waals surface area (Å²) in [5.41, 5.74) is 8.80. The number of rotatable bonds is 4. The zero-order chi connectivity index (χ0) is 13.7. The Balaban J connectivity index is 2.04. The smallest absolute Gasteiger partial charge is 0.101 e. The van der Waals surface area contributed by atoms with E-state index < -0.39 is 0 Å². The van der Waals surface area contributed by atoms with Crippen LogP contribution in [-0.4, -0.2) is 18.6 Å². The Labute approximate surface area is 113 Å². The van der Waals surface area contributed by atoms with Gasteiger partial charge in [-0.3, -0.25) is 4.98 Å². The number of nitriles is 1. The van der Waals surface area contributed by atoms with Gasteiger partial charge in [-0.05, 0) is 30.3 Å². The molecular weight excluding hydrogens is 236 g/mol. The summed E-state index contributed by atoms with van der Waals surface area (Å²) in [6.07, 6.45) is 2.66. The van der Waals surface area contributed by atoms with E-state index in [-0.39, 0.29) is 0 Å². The molecule has 0 aliphatic rings. The molecule has 2 rings (SSSR count). The quantitative estimate of drug-likeness (QED) is 0.847. The SMILES string of the molecule is CN(CCc1ccccn1)c1ccc(N)c(C#N)c1. The van der Waals surface area contributed by atoms with E-state index in [9.17, 15) is 0 Å². The second-order valence-electron chi connectivity index (χ2n) is 4.38. The maximum Gasteiger partial charge on any atom is 0.101 e. The van der Waals surface area contributed by atoms with Crippen LogP contribution in [-0.2, 0) is 6.42 Å². The van der Waals surface area contributed by atoms with Crippen molar-refractivity contribution >= 4 is 11.4 Å². The van der Waals surface area contributed by atoms with Crippen LogP contribution >= 0.6 is 0 Å². The van der Waals surface area contributed by atoms with E-state index in [0.717, 1.165) is 24.3 Å². The Kier molecular flexibility index (Phi) is 3.99. The first kappa shape index (κ1) is 12.9. The van der Waals surface area contributed by atoms with Crippen molar-refractivity contribution in [2.24, 2.45) is 0 Å². The lowest BCUT2D eigenvalue weighted by atomic mass is 10.1. The Morgan fingerprint density at radius 2 is 2.16 bits per heavy atom. The molecule has 1 heterocycles. The minimum atomic E-state index is 0.516. The molecule has 96 valence electrons. The van der Waals surface area contributed by atoms with Gasteiger partial charge in [0, 0.05) is 43.3 Å². The molecule has 0 amide bonds. The van der Waals surface area contributed by atoms with Crippen LogP contribution in [0.25, 0.3) is 0 Å². The highest BCUT2D eigenvalue weighted by Crippen LogP contribution is 2.19. The van der Waals surface area contributed by atoms with E-state index in [1.165, 1.54) is 0 Å². The summed E-state index contributed by atoms with van der Waals surface area (Å²) in [4.78, 5) is 6.39. The van der Waals surface area contributed by atoms with Gasteiger partial charge in [-0.15, -0.1) is 0 Å². The molecule has 4 heteroatoms. The van der Waals surface area contributed by atoms with Crippen molar-refractivity contribution in [3.8, 4) is 6.07 Å². The van der Waals surface area contributed by atoms with Crippen LogP contribution in [0, 0.1) is 11.3 Å². The lowest BCUT2D eigenvalue weighted by Gasteiger charge is -2.19. The van der Waals surface area contributed by atoms with Crippen LogP contribution in [0.1, 0.15) is 11.3 Å². The number of nitrogen functional groups attached to an aromatic ring is 1. The lowest BCUT2D eigenvalue weighted by Crippen LogP contribution is -2.20. The predicted molar refractivity (Wildman–Crippen MR) is 76.8 cm³/mol. The molecule has 0 spiro atoms. The summed E-state index contributed by atoms with van der Waals surface area (Å²) >= 11 is 0. The first-order valence-electron chi connectivity index (χ1n) is 6.11. The monoisotopic (exact) mass is 252 g/mol. The molecule has 2 aromatic rings. The molecule has 0 saturated heterocycles. The Bertz CT molecular complexity index is 587. The fraction of sp³-hybridized carbons (Fsp3) is 0.200. The van der Waals surface area contributed by atoms with E-state index in [2.05, 4.69) is 16.0 Å². The Hall–Kier alpha value is -2.54. The van der Waals surface area contributed by atoms with Crippen molar-refractivity contribution in [3.63, 3.8) is 0 Å². The molecule has 0 atom stereocenters. The number of nitrogens with zero attached hydrogens (tertiary/aromatic N) is 3. The van der Waals surface area contributed by atoms with Gasteiger partial charge in [0.05, 0.1) is 5.56 Å². The minimum Gasteiger partial charge on any atom is -0.398 e. The minimum absolute atomic E-state index is 0.516. The molecule has 0 aliphatic heterocycles. The number of anilines is 2. The molecule has 0 aliphatic carbocycles. The molecule has 0 unspecified atom stereocenters. The molecule has 4 nitrogen and oxygen atoms in total. The number of hydrogen-bond acceptors (Lipinski definition) is 4. The van der Waals surface area contributed by atoms with Crippen molar-refractivity contribution in [2.75, 3.05) is 24.2 Å². The average molecular weight is 252 g/mol. The standard InChI is InChI=1S/C15H16N4/c1-19(9-7-13-4-2-3-8-18-13)14-5-6-15(17)12(10-14)11-16/h2-6,8,10H,7,9,17H2,1H3. The maximum absolute atomic E-state index is 8.97. The fourth-order valence-corrected chi connectivity index (χ4v) is 1.84. The van der Waals surface area contributed by atoms with Gasteiger partial charge in [-0.1, -0.05) is 6.07 Å². The second-order valence-corrected chi connectivity index (χ2v) is 4.38. The van der Waals surface area contributed by atoms with Crippen molar-refractivity contribution in [3.05, 3.63) is 53.9 Å². The van der Waals surface area contributed by atoms with E-state index in [1.807, 2.05) is 37.4 Å². The third-order valence-electron chi connectivity index (χ3n) is 3.03. The molecule has 0 saturated carbocycles. The number of likely N-dealkylation sites (N-methyl/N-ethyl adjacent to an activating group) is 1. The molecule has 0 bridgehead atoms. The van der Waals surface area contributed by atoms with Crippen LogP contribution in [0.4, 0.5) is 11.4 Å². The summed E-state index contributed by atoms with van der Waals surface area (Å²) in [5.74, 6) is 0. The fourth-order valence-electron chi connectivity index (χ4n) is 1.84. The van der Waals surface area contributed by atoms with Gasteiger partial charge >= 0.3 is 0 Å². The summed E-state index contributed by atoms with van der Waals surface area (Å²) in [6.45, 7) is 0.839. The van der Waals surface area contributed by atoms with Crippen LogP contribution in [0.5, 0.6) is 0 Å². The largest absolute Gasteiger partial charge is 0.398 e. The Morgan fingerprint density at radius 1 is 1.32 bits per heavy atom. The van der Waals surface area contributed by atoms with Gasteiger partial charge in [0.15, 0.2) is 0 Å². The van der Waals surface area contributed by atoms with Crippen molar-refractivity contribution in [1.29, 1.82) is 5.26 Å². The van der Waals surface area contributed by atoms with Crippen LogP contribution < -0.4 is 10.6 Å². The first-order valence-corrected chi connectivity index (χ1v) is 6.11. The number of pyridine rings is 1. The van der Waals surface area contributed by atoms with Gasteiger partial charge in [-0.25, -0.2) is 0 Å². The van der Waals surface area contributed by atoms with Gasteiger partial charge in [-0.2, -0.15) is 5.26 Å². The van der Waals surface area contributed by atoms with Crippen molar-refractivity contribution in [1.82, 2.24) is 4.98 Å². The maximum atomic E-state index is 8.97. The number of nitrogens with two attached hydrogens (primary N) is 1. The molecule has 1 aromatic heterocycles.